The Morgan fingerprint density at radius 2 is 2.00 bits per heavy atom. The molecule has 0 bridgehead atoms. The van der Waals surface area contributed by atoms with Crippen LogP contribution in [0, 0.1) is 0 Å². The smallest absolute Gasteiger partial charge is 0.128 e. The largest absolute Gasteiger partial charge is 0.356 e. The summed E-state index contributed by atoms with van der Waals surface area (Å²) in [6, 6.07) is 10.4. The van der Waals surface area contributed by atoms with Crippen molar-refractivity contribution >= 4 is 5.82 Å². The fourth-order valence-corrected chi connectivity index (χ4v) is 3.94. The van der Waals surface area contributed by atoms with E-state index in [1.54, 1.807) is 0 Å². The average molecular weight is 377 g/mol. The maximum Gasteiger partial charge on any atom is 0.128 e. The number of rotatable bonds is 6. The molecule has 0 aliphatic carbocycles. The van der Waals surface area contributed by atoms with Crippen LogP contribution in [-0.4, -0.2) is 51.6 Å². The number of imidazole rings is 1. The molecule has 0 unspecified atom stereocenters. The zero-order valence-electron chi connectivity index (χ0n) is 16.7. The molecule has 4 heterocycles. The summed E-state index contributed by atoms with van der Waals surface area (Å²) < 4.78 is 2.24. The van der Waals surface area contributed by atoms with Crippen LogP contribution in [0.3, 0.4) is 0 Å². The lowest BCUT2D eigenvalue weighted by atomic mass is 9.97. The molecule has 3 aromatic rings. The zero-order chi connectivity index (χ0) is 19.3. The highest BCUT2D eigenvalue weighted by Gasteiger charge is 2.25. The van der Waals surface area contributed by atoms with Gasteiger partial charge in [-0.25, -0.2) is 9.97 Å². The van der Waals surface area contributed by atoms with Crippen molar-refractivity contribution in [2.75, 3.05) is 32.1 Å². The van der Waals surface area contributed by atoms with Gasteiger partial charge in [-0.05, 0) is 50.7 Å². The molecular weight excluding hydrogens is 348 g/mol. The minimum absolute atomic E-state index is 0.413. The van der Waals surface area contributed by atoms with Gasteiger partial charge in [-0.2, -0.15) is 0 Å². The third kappa shape index (κ3) is 4.39. The van der Waals surface area contributed by atoms with Crippen LogP contribution >= 0.6 is 0 Å². The van der Waals surface area contributed by atoms with E-state index in [-0.39, 0.29) is 0 Å². The number of anilines is 1. The number of pyridine rings is 2. The Hall–Kier alpha value is -2.73. The lowest BCUT2D eigenvalue weighted by Crippen LogP contribution is -2.36. The first-order chi connectivity index (χ1) is 13.7. The first kappa shape index (κ1) is 18.6. The fraction of sp³-hybridized carbons (Fsp3) is 0.409. The van der Waals surface area contributed by atoms with Gasteiger partial charge in [0, 0.05) is 50.3 Å². The topological polar surface area (TPSA) is 50.1 Å². The van der Waals surface area contributed by atoms with Crippen molar-refractivity contribution in [3.63, 3.8) is 0 Å². The predicted octanol–water partition coefficient (Wildman–Crippen LogP) is 3.17. The Kier molecular flexibility index (Phi) is 5.67. The van der Waals surface area contributed by atoms with E-state index in [4.69, 9.17) is 9.97 Å². The SMILES string of the molecule is CN(C)Cc1ccc(N2CCC[C@@H](c3nccn3Cc3ccccn3)C2)nc1. The van der Waals surface area contributed by atoms with E-state index in [2.05, 4.69) is 57.8 Å². The van der Waals surface area contributed by atoms with Crippen molar-refractivity contribution in [1.82, 2.24) is 24.4 Å². The summed E-state index contributed by atoms with van der Waals surface area (Å²) in [5, 5.41) is 0. The molecular formula is C22H28N6. The van der Waals surface area contributed by atoms with Gasteiger partial charge in [0.25, 0.3) is 0 Å². The molecule has 1 aliphatic rings. The van der Waals surface area contributed by atoms with E-state index in [0.29, 0.717) is 5.92 Å². The van der Waals surface area contributed by atoms with Crippen LogP contribution in [-0.2, 0) is 13.1 Å². The van der Waals surface area contributed by atoms with E-state index < -0.39 is 0 Å². The Morgan fingerprint density at radius 1 is 1.07 bits per heavy atom. The van der Waals surface area contributed by atoms with Crippen LogP contribution in [0.25, 0.3) is 0 Å². The summed E-state index contributed by atoms with van der Waals surface area (Å²) in [7, 11) is 4.16. The van der Waals surface area contributed by atoms with Crippen molar-refractivity contribution in [3.05, 3.63) is 72.2 Å². The van der Waals surface area contributed by atoms with Crippen LogP contribution in [0.2, 0.25) is 0 Å². The second-order valence-corrected chi connectivity index (χ2v) is 7.78. The molecule has 0 aromatic carbocycles. The van der Waals surface area contributed by atoms with Gasteiger partial charge in [-0.1, -0.05) is 12.1 Å². The highest BCUT2D eigenvalue weighted by atomic mass is 15.2. The Bertz CT molecular complexity index is 872. The van der Waals surface area contributed by atoms with Crippen molar-refractivity contribution in [2.24, 2.45) is 0 Å². The lowest BCUT2D eigenvalue weighted by Gasteiger charge is -2.33. The molecule has 0 N–H and O–H groups in total. The first-order valence-electron chi connectivity index (χ1n) is 9.94. The summed E-state index contributed by atoms with van der Waals surface area (Å²) in [6.45, 7) is 3.70. The molecule has 28 heavy (non-hydrogen) atoms. The molecule has 1 fully saturated rings. The van der Waals surface area contributed by atoms with Gasteiger partial charge in [0.2, 0.25) is 0 Å². The number of piperidine rings is 1. The van der Waals surface area contributed by atoms with Gasteiger partial charge in [0.05, 0.1) is 12.2 Å². The van der Waals surface area contributed by atoms with Gasteiger partial charge in [-0.3, -0.25) is 4.98 Å². The number of aromatic nitrogens is 4. The lowest BCUT2D eigenvalue weighted by molar-refractivity contribution is 0.402. The third-order valence-electron chi connectivity index (χ3n) is 5.22. The molecule has 1 aliphatic heterocycles. The maximum atomic E-state index is 4.72. The molecule has 3 aromatic heterocycles. The number of hydrogen-bond acceptors (Lipinski definition) is 5. The predicted molar refractivity (Wildman–Crippen MR) is 111 cm³/mol. The molecule has 0 amide bonds. The second-order valence-electron chi connectivity index (χ2n) is 7.78. The van der Waals surface area contributed by atoms with Gasteiger partial charge in [-0.15, -0.1) is 0 Å². The van der Waals surface area contributed by atoms with Crippen LogP contribution in [0.15, 0.2) is 55.1 Å². The Labute approximate surface area is 166 Å². The van der Waals surface area contributed by atoms with Gasteiger partial charge in [0.1, 0.15) is 11.6 Å². The van der Waals surface area contributed by atoms with Crippen molar-refractivity contribution in [3.8, 4) is 0 Å². The van der Waals surface area contributed by atoms with Crippen LogP contribution in [0.1, 0.15) is 35.8 Å². The summed E-state index contributed by atoms with van der Waals surface area (Å²) in [5.74, 6) is 2.63. The molecule has 4 rings (SSSR count). The molecule has 6 heteroatoms. The Balaban J connectivity index is 1.46. The molecule has 1 saturated heterocycles. The van der Waals surface area contributed by atoms with E-state index in [9.17, 15) is 0 Å². The van der Waals surface area contributed by atoms with Crippen molar-refractivity contribution in [2.45, 2.75) is 31.8 Å². The maximum absolute atomic E-state index is 4.72. The van der Waals surface area contributed by atoms with Crippen LogP contribution in [0.4, 0.5) is 5.82 Å². The van der Waals surface area contributed by atoms with Gasteiger partial charge >= 0.3 is 0 Å². The molecule has 1 atom stereocenters. The van der Waals surface area contributed by atoms with E-state index in [1.165, 1.54) is 5.56 Å². The molecule has 0 radical (unpaired) electrons. The van der Waals surface area contributed by atoms with Crippen molar-refractivity contribution < 1.29 is 0 Å². The number of hydrogen-bond donors (Lipinski definition) is 0. The minimum atomic E-state index is 0.413. The first-order valence-corrected chi connectivity index (χ1v) is 9.94. The van der Waals surface area contributed by atoms with E-state index in [1.807, 2.05) is 30.7 Å². The van der Waals surface area contributed by atoms with Gasteiger partial charge < -0.3 is 14.4 Å². The quantitative estimate of drug-likeness (QED) is 0.661. The summed E-state index contributed by atoms with van der Waals surface area (Å²) in [4.78, 5) is 18.4. The Morgan fingerprint density at radius 3 is 2.75 bits per heavy atom. The number of nitrogens with zero attached hydrogens (tertiary/aromatic N) is 6. The molecule has 0 saturated carbocycles. The normalized spacial score (nSPS) is 17.2. The standard InChI is InChI=1S/C22H28N6/c1-26(2)15-18-8-9-21(25-14-18)27-12-5-6-19(16-27)22-24-11-13-28(22)17-20-7-3-4-10-23-20/h3-4,7-11,13-14,19H,5-6,12,15-17H2,1-2H3/t19-/m1/s1. The summed E-state index contributed by atoms with van der Waals surface area (Å²) in [5.41, 5.74) is 2.31. The zero-order valence-corrected chi connectivity index (χ0v) is 16.7. The van der Waals surface area contributed by atoms with E-state index in [0.717, 1.165) is 56.4 Å². The van der Waals surface area contributed by atoms with Crippen molar-refractivity contribution in [1.29, 1.82) is 0 Å². The van der Waals surface area contributed by atoms with Gasteiger partial charge in [0.15, 0.2) is 0 Å². The fourth-order valence-electron chi connectivity index (χ4n) is 3.94. The minimum Gasteiger partial charge on any atom is -0.356 e. The summed E-state index contributed by atoms with van der Waals surface area (Å²) in [6.07, 6.45) is 10.1. The molecule has 146 valence electrons. The highest BCUT2D eigenvalue weighted by molar-refractivity contribution is 5.40. The highest BCUT2D eigenvalue weighted by Crippen LogP contribution is 2.28. The monoisotopic (exact) mass is 376 g/mol. The molecule has 6 nitrogen and oxygen atoms in total. The molecule has 0 spiro atoms. The van der Waals surface area contributed by atoms with E-state index >= 15 is 0 Å². The summed E-state index contributed by atoms with van der Waals surface area (Å²) >= 11 is 0. The average Bonchev–Trinajstić information content (AvgIpc) is 3.17. The van der Waals surface area contributed by atoms with Crippen LogP contribution in [0.5, 0.6) is 0 Å². The third-order valence-corrected chi connectivity index (χ3v) is 5.22. The van der Waals surface area contributed by atoms with Crippen LogP contribution < -0.4 is 4.90 Å². The second kappa shape index (κ2) is 8.52.